The van der Waals surface area contributed by atoms with Crippen LogP contribution in [0.3, 0.4) is 0 Å². The van der Waals surface area contributed by atoms with Crippen molar-refractivity contribution in [2.75, 3.05) is 19.1 Å². The maximum Gasteiger partial charge on any atom is 0.293 e. The molecule has 2 aromatic carbocycles. The standard InChI is InChI=1S/C15H15BrN2O3/c1-17(10-11-3-6-13(21-2)7-4-11)14-8-5-12(16)9-15(14)18(19)20/h3-9H,10H2,1-2H3. The van der Waals surface area contributed by atoms with E-state index in [1.807, 2.05) is 36.2 Å². The van der Waals surface area contributed by atoms with Gasteiger partial charge in [-0.2, -0.15) is 0 Å². The number of rotatable bonds is 5. The van der Waals surface area contributed by atoms with E-state index in [2.05, 4.69) is 15.9 Å². The Morgan fingerprint density at radius 3 is 2.48 bits per heavy atom. The van der Waals surface area contributed by atoms with Gasteiger partial charge in [-0.3, -0.25) is 10.1 Å². The molecule has 0 aliphatic carbocycles. The van der Waals surface area contributed by atoms with E-state index in [0.29, 0.717) is 16.7 Å². The minimum Gasteiger partial charge on any atom is -0.497 e. The van der Waals surface area contributed by atoms with Crippen LogP contribution in [0.4, 0.5) is 11.4 Å². The predicted octanol–water partition coefficient (Wildman–Crippen LogP) is 4.00. The van der Waals surface area contributed by atoms with Gasteiger partial charge >= 0.3 is 0 Å². The third-order valence-electron chi connectivity index (χ3n) is 3.12. The number of benzene rings is 2. The van der Waals surface area contributed by atoms with Crippen LogP contribution in [0.5, 0.6) is 5.75 Å². The summed E-state index contributed by atoms with van der Waals surface area (Å²) in [5.41, 5.74) is 1.72. The maximum absolute atomic E-state index is 11.2. The highest BCUT2D eigenvalue weighted by Gasteiger charge is 2.17. The van der Waals surface area contributed by atoms with Crippen LogP contribution in [0.1, 0.15) is 5.56 Å². The number of halogens is 1. The summed E-state index contributed by atoms with van der Waals surface area (Å²) in [4.78, 5) is 12.6. The van der Waals surface area contributed by atoms with Gasteiger partial charge in [-0.05, 0) is 29.8 Å². The van der Waals surface area contributed by atoms with Crippen LogP contribution in [0.15, 0.2) is 46.9 Å². The molecule has 0 aliphatic heterocycles. The van der Waals surface area contributed by atoms with Crippen molar-refractivity contribution in [3.05, 3.63) is 62.6 Å². The molecule has 0 saturated heterocycles. The first kappa shape index (κ1) is 15.3. The number of nitrogens with zero attached hydrogens (tertiary/aromatic N) is 2. The Bertz CT molecular complexity index is 644. The molecule has 0 N–H and O–H groups in total. The molecule has 0 aromatic heterocycles. The summed E-state index contributed by atoms with van der Waals surface area (Å²) in [5.74, 6) is 0.788. The zero-order valence-electron chi connectivity index (χ0n) is 11.7. The Morgan fingerprint density at radius 2 is 1.90 bits per heavy atom. The summed E-state index contributed by atoms with van der Waals surface area (Å²) in [5, 5.41) is 11.2. The topological polar surface area (TPSA) is 55.6 Å². The van der Waals surface area contributed by atoms with Gasteiger partial charge in [-0.1, -0.05) is 28.1 Å². The van der Waals surface area contributed by atoms with E-state index in [-0.39, 0.29) is 10.6 Å². The fourth-order valence-corrected chi connectivity index (χ4v) is 2.40. The molecule has 110 valence electrons. The van der Waals surface area contributed by atoms with Crippen molar-refractivity contribution in [1.29, 1.82) is 0 Å². The summed E-state index contributed by atoms with van der Waals surface area (Å²) in [6.07, 6.45) is 0. The van der Waals surface area contributed by atoms with Gasteiger partial charge in [0.25, 0.3) is 5.69 Å². The maximum atomic E-state index is 11.2. The minimum absolute atomic E-state index is 0.0837. The van der Waals surface area contributed by atoms with E-state index < -0.39 is 0 Å². The lowest BCUT2D eigenvalue weighted by molar-refractivity contribution is -0.384. The Morgan fingerprint density at radius 1 is 1.24 bits per heavy atom. The lowest BCUT2D eigenvalue weighted by atomic mass is 10.2. The van der Waals surface area contributed by atoms with E-state index >= 15 is 0 Å². The molecule has 0 aliphatic rings. The number of hydrogen-bond donors (Lipinski definition) is 0. The number of ether oxygens (including phenoxy) is 1. The van der Waals surface area contributed by atoms with E-state index in [0.717, 1.165) is 11.3 Å². The van der Waals surface area contributed by atoms with Gasteiger partial charge in [-0.25, -0.2) is 0 Å². The third kappa shape index (κ3) is 3.72. The highest BCUT2D eigenvalue weighted by atomic mass is 79.9. The van der Waals surface area contributed by atoms with E-state index in [4.69, 9.17) is 4.74 Å². The van der Waals surface area contributed by atoms with Crippen LogP contribution in [0.25, 0.3) is 0 Å². The van der Waals surface area contributed by atoms with Gasteiger partial charge in [0, 0.05) is 24.1 Å². The van der Waals surface area contributed by atoms with E-state index in [1.165, 1.54) is 6.07 Å². The van der Waals surface area contributed by atoms with Crippen molar-refractivity contribution in [3.8, 4) is 5.75 Å². The van der Waals surface area contributed by atoms with Crippen LogP contribution in [-0.2, 0) is 6.54 Å². The summed E-state index contributed by atoms with van der Waals surface area (Å²) >= 11 is 3.26. The summed E-state index contributed by atoms with van der Waals surface area (Å²) in [6, 6.07) is 12.7. The average Bonchev–Trinajstić information content (AvgIpc) is 2.47. The van der Waals surface area contributed by atoms with Gasteiger partial charge < -0.3 is 9.64 Å². The van der Waals surface area contributed by atoms with Gasteiger partial charge in [-0.15, -0.1) is 0 Å². The molecule has 2 rings (SSSR count). The third-order valence-corrected chi connectivity index (χ3v) is 3.62. The summed E-state index contributed by atoms with van der Waals surface area (Å²) in [7, 11) is 3.45. The average molecular weight is 351 g/mol. The molecular weight excluding hydrogens is 336 g/mol. The number of anilines is 1. The summed E-state index contributed by atoms with van der Waals surface area (Å²) < 4.78 is 5.80. The largest absolute Gasteiger partial charge is 0.497 e. The van der Waals surface area contributed by atoms with Crippen molar-refractivity contribution in [2.45, 2.75) is 6.54 Å². The summed E-state index contributed by atoms with van der Waals surface area (Å²) in [6.45, 7) is 0.576. The lowest BCUT2D eigenvalue weighted by Crippen LogP contribution is -2.17. The molecule has 0 spiro atoms. The Kier molecular flexibility index (Phi) is 4.80. The van der Waals surface area contributed by atoms with Gasteiger partial charge in [0.2, 0.25) is 0 Å². The van der Waals surface area contributed by atoms with E-state index in [1.54, 1.807) is 19.2 Å². The monoisotopic (exact) mass is 350 g/mol. The molecular formula is C15H15BrN2O3. The van der Waals surface area contributed by atoms with Crippen molar-refractivity contribution >= 4 is 27.3 Å². The number of nitro groups is 1. The molecule has 0 bridgehead atoms. The smallest absolute Gasteiger partial charge is 0.293 e. The number of nitro benzene ring substituents is 1. The van der Waals surface area contributed by atoms with Crippen molar-refractivity contribution in [2.24, 2.45) is 0 Å². The fourth-order valence-electron chi connectivity index (χ4n) is 2.06. The SMILES string of the molecule is COc1ccc(CN(C)c2ccc(Br)cc2[N+](=O)[O-])cc1. The van der Waals surface area contributed by atoms with Gasteiger partial charge in [0.05, 0.1) is 12.0 Å². The highest BCUT2D eigenvalue weighted by molar-refractivity contribution is 9.10. The molecule has 0 atom stereocenters. The second kappa shape index (κ2) is 6.58. The predicted molar refractivity (Wildman–Crippen MR) is 85.9 cm³/mol. The van der Waals surface area contributed by atoms with Crippen molar-refractivity contribution in [3.63, 3.8) is 0 Å². The fraction of sp³-hybridized carbons (Fsp3) is 0.200. The Hall–Kier alpha value is -2.08. The van der Waals surface area contributed by atoms with E-state index in [9.17, 15) is 10.1 Å². The Balaban J connectivity index is 2.23. The second-order valence-corrected chi connectivity index (χ2v) is 5.51. The van der Waals surface area contributed by atoms with Crippen LogP contribution < -0.4 is 9.64 Å². The molecule has 21 heavy (non-hydrogen) atoms. The number of hydrogen-bond acceptors (Lipinski definition) is 4. The normalized spacial score (nSPS) is 10.2. The molecule has 0 heterocycles. The zero-order valence-corrected chi connectivity index (χ0v) is 13.3. The molecule has 6 heteroatoms. The second-order valence-electron chi connectivity index (χ2n) is 4.59. The lowest BCUT2D eigenvalue weighted by Gasteiger charge is -2.19. The molecule has 0 unspecified atom stereocenters. The van der Waals surface area contributed by atoms with Crippen LogP contribution >= 0.6 is 15.9 Å². The van der Waals surface area contributed by atoms with Gasteiger partial charge in [0.15, 0.2) is 0 Å². The molecule has 0 amide bonds. The first-order chi connectivity index (χ1) is 10.0. The zero-order chi connectivity index (χ0) is 15.4. The molecule has 0 saturated carbocycles. The van der Waals surface area contributed by atoms with Crippen molar-refractivity contribution < 1.29 is 9.66 Å². The molecule has 2 aromatic rings. The number of methoxy groups -OCH3 is 1. The van der Waals surface area contributed by atoms with Crippen LogP contribution in [-0.4, -0.2) is 19.1 Å². The molecule has 0 radical (unpaired) electrons. The Labute approximate surface area is 131 Å². The highest BCUT2D eigenvalue weighted by Crippen LogP contribution is 2.31. The van der Waals surface area contributed by atoms with Crippen LogP contribution in [0, 0.1) is 10.1 Å². The first-order valence-electron chi connectivity index (χ1n) is 6.29. The molecule has 0 fully saturated rings. The quantitative estimate of drug-likeness (QED) is 0.604. The minimum atomic E-state index is -0.370. The first-order valence-corrected chi connectivity index (χ1v) is 7.08. The van der Waals surface area contributed by atoms with Crippen molar-refractivity contribution in [1.82, 2.24) is 0 Å². The van der Waals surface area contributed by atoms with Gasteiger partial charge in [0.1, 0.15) is 11.4 Å². The molecule has 5 nitrogen and oxygen atoms in total. The van der Waals surface area contributed by atoms with Crippen LogP contribution in [0.2, 0.25) is 0 Å².